The molecule has 0 atom stereocenters. The van der Waals surface area contributed by atoms with Gasteiger partial charge in [-0.25, -0.2) is 0 Å². The van der Waals surface area contributed by atoms with Crippen molar-refractivity contribution in [1.29, 1.82) is 0 Å². The molecule has 0 radical (unpaired) electrons. The number of nitrogens with one attached hydrogen (secondary N) is 1. The van der Waals surface area contributed by atoms with Crippen LogP contribution in [-0.2, 0) is 16.0 Å². The molecule has 0 aliphatic heterocycles. The van der Waals surface area contributed by atoms with Gasteiger partial charge in [-0.2, -0.15) is 0 Å². The molecule has 0 aliphatic carbocycles. The van der Waals surface area contributed by atoms with Crippen LogP contribution in [-0.4, -0.2) is 30.6 Å². The molecule has 2 aromatic rings. The SMILES string of the molecule is COc1ccc2ccccc2c1CCNC(=O)CCC(=O)O. The largest absolute Gasteiger partial charge is 0.496 e. The number of methoxy groups -OCH3 is 1. The average molecular weight is 301 g/mol. The highest BCUT2D eigenvalue weighted by Gasteiger charge is 2.09. The van der Waals surface area contributed by atoms with Crippen molar-refractivity contribution in [3.8, 4) is 5.75 Å². The van der Waals surface area contributed by atoms with E-state index in [1.165, 1.54) is 0 Å². The molecule has 0 saturated heterocycles. The topological polar surface area (TPSA) is 75.6 Å². The minimum Gasteiger partial charge on any atom is -0.496 e. The maximum Gasteiger partial charge on any atom is 0.303 e. The Balaban J connectivity index is 2.04. The van der Waals surface area contributed by atoms with Gasteiger partial charge in [0, 0.05) is 18.5 Å². The molecule has 0 spiro atoms. The number of carbonyl (C=O) groups excluding carboxylic acids is 1. The standard InChI is InChI=1S/C17H19NO4/c1-22-15-7-6-12-4-2-3-5-13(12)14(15)10-11-18-16(19)8-9-17(20)21/h2-7H,8-11H2,1H3,(H,18,19)(H,20,21). The number of ether oxygens (including phenoxy) is 1. The van der Waals surface area contributed by atoms with Gasteiger partial charge in [-0.1, -0.05) is 30.3 Å². The smallest absolute Gasteiger partial charge is 0.303 e. The van der Waals surface area contributed by atoms with E-state index in [9.17, 15) is 9.59 Å². The Kier molecular flexibility index (Phi) is 5.36. The summed E-state index contributed by atoms with van der Waals surface area (Å²) in [6.07, 6.45) is 0.481. The normalized spacial score (nSPS) is 10.4. The lowest BCUT2D eigenvalue weighted by Crippen LogP contribution is -2.26. The Bertz CT molecular complexity index is 681. The van der Waals surface area contributed by atoms with Crippen molar-refractivity contribution < 1.29 is 19.4 Å². The molecular weight excluding hydrogens is 282 g/mol. The molecule has 116 valence electrons. The lowest BCUT2D eigenvalue weighted by atomic mass is 10.0. The number of aliphatic carboxylic acids is 1. The van der Waals surface area contributed by atoms with Crippen LogP contribution in [0.3, 0.4) is 0 Å². The molecule has 2 N–H and O–H groups in total. The first-order chi connectivity index (χ1) is 10.6. The summed E-state index contributed by atoms with van der Waals surface area (Å²) < 4.78 is 5.40. The number of hydrogen-bond donors (Lipinski definition) is 2. The Morgan fingerprint density at radius 2 is 1.91 bits per heavy atom. The van der Waals surface area contributed by atoms with E-state index in [2.05, 4.69) is 5.32 Å². The summed E-state index contributed by atoms with van der Waals surface area (Å²) >= 11 is 0. The van der Waals surface area contributed by atoms with E-state index in [0.717, 1.165) is 22.1 Å². The minimum atomic E-state index is -0.967. The van der Waals surface area contributed by atoms with Crippen LogP contribution in [0.15, 0.2) is 36.4 Å². The zero-order valence-electron chi connectivity index (χ0n) is 12.5. The van der Waals surface area contributed by atoms with Gasteiger partial charge in [-0.15, -0.1) is 0 Å². The number of carboxylic acids is 1. The molecule has 2 rings (SSSR count). The summed E-state index contributed by atoms with van der Waals surface area (Å²) in [5.74, 6) is -0.425. The highest BCUT2D eigenvalue weighted by atomic mass is 16.5. The number of rotatable bonds is 7. The molecule has 0 unspecified atom stereocenters. The van der Waals surface area contributed by atoms with E-state index in [1.54, 1.807) is 7.11 Å². The van der Waals surface area contributed by atoms with Gasteiger partial charge in [-0.3, -0.25) is 9.59 Å². The summed E-state index contributed by atoms with van der Waals surface area (Å²) in [6.45, 7) is 0.447. The van der Waals surface area contributed by atoms with Crippen LogP contribution >= 0.6 is 0 Å². The highest BCUT2D eigenvalue weighted by Crippen LogP contribution is 2.28. The molecule has 2 aromatic carbocycles. The maximum absolute atomic E-state index is 11.6. The Morgan fingerprint density at radius 1 is 1.14 bits per heavy atom. The number of benzene rings is 2. The fourth-order valence-corrected chi connectivity index (χ4v) is 2.40. The number of carboxylic acid groups (broad SMARTS) is 1. The van der Waals surface area contributed by atoms with Gasteiger partial charge in [-0.05, 0) is 23.3 Å². The highest BCUT2D eigenvalue weighted by molar-refractivity contribution is 5.88. The summed E-state index contributed by atoms with van der Waals surface area (Å²) in [5.41, 5.74) is 1.04. The molecule has 22 heavy (non-hydrogen) atoms. The fraction of sp³-hybridized carbons (Fsp3) is 0.294. The van der Waals surface area contributed by atoms with Crippen molar-refractivity contribution in [2.75, 3.05) is 13.7 Å². The fourth-order valence-electron chi connectivity index (χ4n) is 2.40. The summed E-state index contributed by atoms with van der Waals surface area (Å²) in [5, 5.41) is 13.5. The average Bonchev–Trinajstić information content (AvgIpc) is 2.53. The van der Waals surface area contributed by atoms with Crippen molar-refractivity contribution in [2.24, 2.45) is 0 Å². The molecule has 0 heterocycles. The zero-order chi connectivity index (χ0) is 15.9. The molecule has 5 heteroatoms. The Hall–Kier alpha value is -2.56. The van der Waals surface area contributed by atoms with E-state index in [1.807, 2.05) is 36.4 Å². The van der Waals surface area contributed by atoms with Crippen LogP contribution in [0.25, 0.3) is 10.8 Å². The molecule has 1 amide bonds. The third-order valence-electron chi connectivity index (χ3n) is 3.48. The lowest BCUT2D eigenvalue weighted by molar-refractivity contribution is -0.138. The van der Waals surface area contributed by atoms with Crippen LogP contribution in [0.5, 0.6) is 5.75 Å². The molecule has 0 bridgehead atoms. The molecule has 5 nitrogen and oxygen atoms in total. The zero-order valence-corrected chi connectivity index (χ0v) is 12.5. The van der Waals surface area contributed by atoms with Gasteiger partial charge in [0.15, 0.2) is 0 Å². The van der Waals surface area contributed by atoms with E-state index in [0.29, 0.717) is 13.0 Å². The van der Waals surface area contributed by atoms with Crippen LogP contribution in [0.1, 0.15) is 18.4 Å². The first kappa shape index (κ1) is 15.8. The number of hydrogen-bond acceptors (Lipinski definition) is 3. The van der Waals surface area contributed by atoms with Gasteiger partial charge in [0.05, 0.1) is 13.5 Å². The monoisotopic (exact) mass is 301 g/mol. The van der Waals surface area contributed by atoms with Crippen LogP contribution in [0, 0.1) is 0 Å². The second-order valence-corrected chi connectivity index (χ2v) is 4.96. The van der Waals surface area contributed by atoms with E-state index in [-0.39, 0.29) is 18.7 Å². The van der Waals surface area contributed by atoms with Gasteiger partial charge in [0.25, 0.3) is 0 Å². The van der Waals surface area contributed by atoms with Crippen molar-refractivity contribution in [3.63, 3.8) is 0 Å². The van der Waals surface area contributed by atoms with Crippen LogP contribution < -0.4 is 10.1 Å². The van der Waals surface area contributed by atoms with Gasteiger partial charge in [0.1, 0.15) is 5.75 Å². The van der Waals surface area contributed by atoms with E-state index < -0.39 is 5.97 Å². The van der Waals surface area contributed by atoms with Crippen LogP contribution in [0.2, 0.25) is 0 Å². The predicted octanol–water partition coefficient (Wildman–Crippen LogP) is 2.37. The quantitative estimate of drug-likeness (QED) is 0.823. The van der Waals surface area contributed by atoms with Crippen molar-refractivity contribution >= 4 is 22.6 Å². The van der Waals surface area contributed by atoms with E-state index >= 15 is 0 Å². The molecule has 0 fully saturated rings. The second-order valence-electron chi connectivity index (χ2n) is 4.96. The third-order valence-corrected chi connectivity index (χ3v) is 3.48. The van der Waals surface area contributed by atoms with E-state index in [4.69, 9.17) is 9.84 Å². The Morgan fingerprint density at radius 3 is 2.64 bits per heavy atom. The third kappa shape index (κ3) is 3.97. The first-order valence-corrected chi connectivity index (χ1v) is 7.15. The van der Waals surface area contributed by atoms with Gasteiger partial charge >= 0.3 is 5.97 Å². The predicted molar refractivity (Wildman–Crippen MR) is 84.1 cm³/mol. The molecule has 0 aromatic heterocycles. The van der Waals surface area contributed by atoms with Crippen molar-refractivity contribution in [2.45, 2.75) is 19.3 Å². The number of fused-ring (bicyclic) bond motifs is 1. The van der Waals surface area contributed by atoms with Gasteiger partial charge in [0.2, 0.25) is 5.91 Å². The van der Waals surface area contributed by atoms with Crippen molar-refractivity contribution in [3.05, 3.63) is 42.0 Å². The summed E-state index contributed by atoms with van der Waals surface area (Å²) in [6, 6.07) is 11.9. The Labute approximate surface area is 128 Å². The second kappa shape index (κ2) is 7.45. The molecule has 0 saturated carbocycles. The van der Waals surface area contributed by atoms with Crippen molar-refractivity contribution in [1.82, 2.24) is 5.32 Å². The lowest BCUT2D eigenvalue weighted by Gasteiger charge is -2.12. The van der Waals surface area contributed by atoms with Gasteiger partial charge < -0.3 is 15.2 Å². The molecule has 0 aliphatic rings. The number of carbonyl (C=O) groups is 2. The maximum atomic E-state index is 11.6. The van der Waals surface area contributed by atoms with Crippen LogP contribution in [0.4, 0.5) is 0 Å². The summed E-state index contributed by atoms with van der Waals surface area (Å²) in [4.78, 5) is 22.0. The minimum absolute atomic E-state index is 0.00199. The first-order valence-electron chi connectivity index (χ1n) is 7.15. The number of amides is 1. The molecular formula is C17H19NO4. The summed E-state index contributed by atoms with van der Waals surface area (Å²) in [7, 11) is 1.62.